The first-order chi connectivity index (χ1) is 9.12. The molecular formula is C15H27N3O. The molecule has 19 heavy (non-hydrogen) atoms. The van der Waals surface area contributed by atoms with Gasteiger partial charge in [-0.05, 0) is 33.9 Å². The van der Waals surface area contributed by atoms with Crippen molar-refractivity contribution in [3.63, 3.8) is 0 Å². The molecule has 2 rings (SSSR count). The number of nitrogens with zero attached hydrogens (tertiary/aromatic N) is 3. The van der Waals surface area contributed by atoms with Crippen molar-refractivity contribution in [2.24, 2.45) is 0 Å². The second-order valence-electron chi connectivity index (χ2n) is 5.89. The van der Waals surface area contributed by atoms with Gasteiger partial charge in [-0.1, -0.05) is 25.7 Å². The highest BCUT2D eigenvalue weighted by Crippen LogP contribution is 2.40. The van der Waals surface area contributed by atoms with Crippen molar-refractivity contribution in [3.05, 3.63) is 18.2 Å². The molecule has 1 fully saturated rings. The van der Waals surface area contributed by atoms with Gasteiger partial charge >= 0.3 is 0 Å². The fourth-order valence-electron chi connectivity index (χ4n) is 3.38. The normalized spacial score (nSPS) is 21.3. The molecule has 1 saturated carbocycles. The molecule has 1 aromatic rings. The van der Waals surface area contributed by atoms with Crippen LogP contribution in [-0.4, -0.2) is 39.2 Å². The van der Waals surface area contributed by atoms with Crippen LogP contribution >= 0.6 is 0 Å². The monoisotopic (exact) mass is 265 g/mol. The SMILES string of the molecule is CCn1ccnc1C(O)C1(N(C)C)CCCCCC1. The summed E-state index contributed by atoms with van der Waals surface area (Å²) in [6, 6.07) is 0. The van der Waals surface area contributed by atoms with E-state index in [9.17, 15) is 5.11 Å². The fourth-order valence-corrected chi connectivity index (χ4v) is 3.38. The molecule has 0 aromatic carbocycles. The van der Waals surface area contributed by atoms with E-state index >= 15 is 0 Å². The second-order valence-corrected chi connectivity index (χ2v) is 5.89. The van der Waals surface area contributed by atoms with Crippen molar-refractivity contribution < 1.29 is 5.11 Å². The van der Waals surface area contributed by atoms with Crippen molar-refractivity contribution >= 4 is 0 Å². The lowest BCUT2D eigenvalue weighted by Crippen LogP contribution is -2.49. The Bertz CT molecular complexity index is 392. The maximum Gasteiger partial charge on any atom is 0.139 e. The zero-order valence-electron chi connectivity index (χ0n) is 12.5. The van der Waals surface area contributed by atoms with Crippen LogP contribution in [-0.2, 0) is 6.54 Å². The Labute approximate surface area is 116 Å². The third-order valence-electron chi connectivity index (χ3n) is 4.70. The lowest BCUT2D eigenvalue weighted by Gasteiger charge is -2.43. The molecule has 4 nitrogen and oxygen atoms in total. The van der Waals surface area contributed by atoms with Gasteiger partial charge in [-0.3, -0.25) is 0 Å². The van der Waals surface area contributed by atoms with Crippen LogP contribution in [0.5, 0.6) is 0 Å². The minimum atomic E-state index is -0.504. The van der Waals surface area contributed by atoms with Gasteiger partial charge in [0.05, 0.1) is 5.54 Å². The fraction of sp³-hybridized carbons (Fsp3) is 0.800. The summed E-state index contributed by atoms with van der Waals surface area (Å²) < 4.78 is 2.06. The number of aliphatic hydroxyl groups is 1. The Morgan fingerprint density at radius 3 is 2.47 bits per heavy atom. The molecule has 1 N–H and O–H groups in total. The maximum atomic E-state index is 11.0. The Kier molecular flexibility index (Phi) is 4.63. The van der Waals surface area contributed by atoms with Crippen molar-refractivity contribution in [2.45, 2.75) is 63.6 Å². The predicted molar refractivity (Wildman–Crippen MR) is 77.0 cm³/mol. The van der Waals surface area contributed by atoms with Gasteiger partial charge in [0.1, 0.15) is 11.9 Å². The van der Waals surface area contributed by atoms with E-state index in [1.807, 2.05) is 6.20 Å². The summed E-state index contributed by atoms with van der Waals surface area (Å²) in [7, 11) is 4.18. The standard InChI is InChI=1S/C15H27N3O/c1-4-18-12-11-16-14(18)13(19)15(17(2)3)9-7-5-6-8-10-15/h11-13,19H,4-10H2,1-3H3. The van der Waals surface area contributed by atoms with Crippen LogP contribution in [0.25, 0.3) is 0 Å². The zero-order valence-corrected chi connectivity index (χ0v) is 12.5. The molecule has 0 radical (unpaired) electrons. The summed E-state index contributed by atoms with van der Waals surface area (Å²) in [5.74, 6) is 0.818. The smallest absolute Gasteiger partial charge is 0.139 e. The summed E-state index contributed by atoms with van der Waals surface area (Å²) in [5, 5.41) is 11.0. The van der Waals surface area contributed by atoms with E-state index < -0.39 is 6.10 Å². The van der Waals surface area contributed by atoms with Gasteiger partial charge < -0.3 is 14.6 Å². The number of likely N-dealkylation sites (N-methyl/N-ethyl adjacent to an activating group) is 1. The molecule has 0 saturated heterocycles. The highest BCUT2D eigenvalue weighted by molar-refractivity contribution is 5.08. The zero-order chi connectivity index (χ0) is 13.9. The van der Waals surface area contributed by atoms with Crippen LogP contribution in [0.15, 0.2) is 12.4 Å². The largest absolute Gasteiger partial charge is 0.383 e. The Morgan fingerprint density at radius 2 is 1.95 bits per heavy atom. The molecule has 0 spiro atoms. The highest BCUT2D eigenvalue weighted by Gasteiger charge is 2.42. The summed E-state index contributed by atoms with van der Waals surface area (Å²) in [6.45, 7) is 2.95. The van der Waals surface area contributed by atoms with Gasteiger partial charge in [0.15, 0.2) is 0 Å². The van der Waals surface area contributed by atoms with Gasteiger partial charge in [-0.2, -0.15) is 0 Å². The summed E-state index contributed by atoms with van der Waals surface area (Å²) in [5.41, 5.74) is -0.158. The summed E-state index contributed by atoms with van der Waals surface area (Å²) in [6.07, 6.45) is 10.3. The first-order valence-corrected chi connectivity index (χ1v) is 7.48. The van der Waals surface area contributed by atoms with E-state index in [0.29, 0.717) is 0 Å². The second kappa shape index (κ2) is 6.06. The van der Waals surface area contributed by atoms with E-state index in [1.165, 1.54) is 25.7 Å². The van der Waals surface area contributed by atoms with Gasteiger partial charge in [-0.15, -0.1) is 0 Å². The average Bonchev–Trinajstić information content (AvgIpc) is 2.73. The lowest BCUT2D eigenvalue weighted by molar-refractivity contribution is -0.0265. The average molecular weight is 265 g/mol. The van der Waals surface area contributed by atoms with Gasteiger partial charge in [0.2, 0.25) is 0 Å². The van der Waals surface area contributed by atoms with Gasteiger partial charge in [0, 0.05) is 18.9 Å². The molecule has 1 heterocycles. The van der Waals surface area contributed by atoms with Crippen LogP contribution in [0.4, 0.5) is 0 Å². The number of hydrogen-bond donors (Lipinski definition) is 1. The molecule has 1 aliphatic rings. The van der Waals surface area contributed by atoms with E-state index in [4.69, 9.17) is 0 Å². The molecule has 4 heteroatoms. The number of rotatable bonds is 4. The molecule has 1 atom stereocenters. The van der Waals surface area contributed by atoms with E-state index in [-0.39, 0.29) is 5.54 Å². The molecule has 1 aliphatic carbocycles. The first-order valence-electron chi connectivity index (χ1n) is 7.48. The molecule has 0 aliphatic heterocycles. The third kappa shape index (κ3) is 2.70. The van der Waals surface area contributed by atoms with E-state index in [0.717, 1.165) is 25.2 Å². The quantitative estimate of drug-likeness (QED) is 0.851. The molecule has 0 bridgehead atoms. The van der Waals surface area contributed by atoms with E-state index in [1.54, 1.807) is 6.20 Å². The molecular weight excluding hydrogens is 238 g/mol. The van der Waals surface area contributed by atoms with Crippen LogP contribution in [0, 0.1) is 0 Å². The van der Waals surface area contributed by atoms with Crippen LogP contribution in [0.2, 0.25) is 0 Å². The lowest BCUT2D eigenvalue weighted by atomic mass is 9.82. The Morgan fingerprint density at radius 1 is 1.32 bits per heavy atom. The molecule has 1 aromatic heterocycles. The minimum absolute atomic E-state index is 0.158. The molecule has 0 amide bonds. The number of aliphatic hydroxyl groups excluding tert-OH is 1. The van der Waals surface area contributed by atoms with Crippen molar-refractivity contribution in [1.29, 1.82) is 0 Å². The maximum absolute atomic E-state index is 11.0. The van der Waals surface area contributed by atoms with Gasteiger partial charge in [-0.25, -0.2) is 4.98 Å². The van der Waals surface area contributed by atoms with Crippen LogP contribution in [0.1, 0.15) is 57.4 Å². The molecule has 1 unspecified atom stereocenters. The van der Waals surface area contributed by atoms with Gasteiger partial charge in [0.25, 0.3) is 0 Å². The van der Waals surface area contributed by atoms with Crippen molar-refractivity contribution in [1.82, 2.24) is 14.5 Å². The summed E-state index contributed by atoms with van der Waals surface area (Å²) >= 11 is 0. The highest BCUT2D eigenvalue weighted by atomic mass is 16.3. The van der Waals surface area contributed by atoms with Crippen molar-refractivity contribution in [2.75, 3.05) is 14.1 Å². The predicted octanol–water partition coefficient (Wildman–Crippen LogP) is 2.59. The number of aromatic nitrogens is 2. The minimum Gasteiger partial charge on any atom is -0.383 e. The number of imidazole rings is 1. The van der Waals surface area contributed by atoms with E-state index in [2.05, 4.69) is 35.5 Å². The van der Waals surface area contributed by atoms with Crippen LogP contribution in [0.3, 0.4) is 0 Å². The number of aryl methyl sites for hydroxylation is 1. The third-order valence-corrected chi connectivity index (χ3v) is 4.70. The number of hydrogen-bond acceptors (Lipinski definition) is 3. The Hall–Kier alpha value is -0.870. The molecule has 108 valence electrons. The first kappa shape index (κ1) is 14.5. The van der Waals surface area contributed by atoms with Crippen LogP contribution < -0.4 is 0 Å². The Balaban J connectivity index is 2.32. The summed E-state index contributed by atoms with van der Waals surface area (Å²) in [4.78, 5) is 6.63. The topological polar surface area (TPSA) is 41.3 Å². The van der Waals surface area contributed by atoms with Crippen molar-refractivity contribution in [3.8, 4) is 0 Å².